The van der Waals surface area contributed by atoms with E-state index in [4.69, 9.17) is 10.5 Å². The van der Waals surface area contributed by atoms with E-state index in [-0.39, 0.29) is 5.60 Å². The minimum absolute atomic E-state index is 0.259. The molecule has 4 nitrogen and oxygen atoms in total. The van der Waals surface area contributed by atoms with Crippen molar-refractivity contribution in [3.8, 4) is 0 Å². The smallest absolute Gasteiger partial charge is 0.0710 e. The van der Waals surface area contributed by atoms with Crippen LogP contribution in [-0.2, 0) is 4.74 Å². The zero-order chi connectivity index (χ0) is 13.1. The van der Waals surface area contributed by atoms with Crippen LogP contribution in [0.3, 0.4) is 0 Å². The van der Waals surface area contributed by atoms with Crippen LogP contribution in [0.25, 0.3) is 0 Å². The molecular formula is C15H29N3O. The molecule has 1 saturated carbocycles. The number of hydrogen-bond donors (Lipinski definition) is 2. The second-order valence-corrected chi connectivity index (χ2v) is 6.61. The Balaban J connectivity index is 1.53. The monoisotopic (exact) mass is 267 g/mol. The summed E-state index contributed by atoms with van der Waals surface area (Å²) in [5, 5.41) is 3.44. The molecule has 2 unspecified atom stereocenters. The van der Waals surface area contributed by atoms with Crippen molar-refractivity contribution in [3.63, 3.8) is 0 Å². The summed E-state index contributed by atoms with van der Waals surface area (Å²) in [5.74, 6) is 0. The average molecular weight is 267 g/mol. The highest BCUT2D eigenvalue weighted by Gasteiger charge is 2.41. The Labute approximate surface area is 117 Å². The van der Waals surface area contributed by atoms with Gasteiger partial charge in [-0.25, -0.2) is 0 Å². The molecule has 3 aliphatic rings. The van der Waals surface area contributed by atoms with Crippen molar-refractivity contribution in [2.45, 2.75) is 62.7 Å². The fraction of sp³-hybridized carbons (Fsp3) is 1.00. The van der Waals surface area contributed by atoms with E-state index in [1.807, 2.05) is 0 Å². The number of piperazine rings is 1. The Morgan fingerprint density at radius 3 is 2.84 bits per heavy atom. The third-order valence-corrected chi connectivity index (χ3v) is 5.29. The minimum atomic E-state index is 0.259. The predicted octanol–water partition coefficient (Wildman–Crippen LogP) is 1.10. The van der Waals surface area contributed by atoms with Crippen molar-refractivity contribution >= 4 is 0 Å². The molecule has 0 bridgehead atoms. The van der Waals surface area contributed by atoms with E-state index in [0.29, 0.717) is 12.1 Å². The van der Waals surface area contributed by atoms with Crippen LogP contribution in [0.2, 0.25) is 0 Å². The maximum atomic E-state index is 6.48. The van der Waals surface area contributed by atoms with E-state index in [1.54, 1.807) is 0 Å². The van der Waals surface area contributed by atoms with Crippen molar-refractivity contribution in [2.24, 2.45) is 5.73 Å². The Kier molecular flexibility index (Phi) is 4.42. The molecule has 3 fully saturated rings. The molecule has 1 aliphatic carbocycles. The second-order valence-electron chi connectivity index (χ2n) is 6.61. The van der Waals surface area contributed by atoms with Crippen LogP contribution >= 0.6 is 0 Å². The first-order chi connectivity index (χ1) is 9.31. The number of nitrogens with zero attached hydrogens (tertiary/aromatic N) is 1. The summed E-state index contributed by atoms with van der Waals surface area (Å²) in [5.41, 5.74) is 6.14. The van der Waals surface area contributed by atoms with Crippen molar-refractivity contribution in [1.82, 2.24) is 10.2 Å². The van der Waals surface area contributed by atoms with Crippen LogP contribution in [0.15, 0.2) is 0 Å². The third-order valence-electron chi connectivity index (χ3n) is 5.29. The van der Waals surface area contributed by atoms with Gasteiger partial charge in [0.1, 0.15) is 0 Å². The van der Waals surface area contributed by atoms with Gasteiger partial charge in [-0.3, -0.25) is 4.90 Å². The maximum Gasteiger partial charge on any atom is 0.0710 e. The molecule has 0 aromatic carbocycles. The Morgan fingerprint density at radius 2 is 2.05 bits per heavy atom. The molecule has 19 heavy (non-hydrogen) atoms. The van der Waals surface area contributed by atoms with Gasteiger partial charge in [-0.1, -0.05) is 19.3 Å². The number of hydrogen-bond acceptors (Lipinski definition) is 4. The van der Waals surface area contributed by atoms with Gasteiger partial charge in [-0.15, -0.1) is 0 Å². The standard InChI is InChI=1S/C15H29N3O/c16-10-13-11-17-8-9-18(13)12-14-4-7-15(19-14)5-2-1-3-6-15/h13-14,17H,1-12,16H2. The van der Waals surface area contributed by atoms with Crippen molar-refractivity contribution in [2.75, 3.05) is 32.7 Å². The average Bonchev–Trinajstić information content (AvgIpc) is 2.83. The molecule has 2 aliphatic heterocycles. The lowest BCUT2D eigenvalue weighted by atomic mass is 9.83. The third kappa shape index (κ3) is 3.13. The Bertz CT molecular complexity index is 291. The summed E-state index contributed by atoms with van der Waals surface area (Å²) in [6.45, 7) is 5.09. The molecule has 4 heteroatoms. The molecule has 2 heterocycles. The van der Waals surface area contributed by atoms with E-state index in [1.165, 1.54) is 44.9 Å². The molecule has 2 atom stereocenters. The largest absolute Gasteiger partial charge is 0.370 e. The molecule has 0 aromatic rings. The van der Waals surface area contributed by atoms with E-state index in [2.05, 4.69) is 10.2 Å². The lowest BCUT2D eigenvalue weighted by Gasteiger charge is -2.38. The van der Waals surface area contributed by atoms with Crippen LogP contribution in [0.1, 0.15) is 44.9 Å². The van der Waals surface area contributed by atoms with Crippen LogP contribution in [0.5, 0.6) is 0 Å². The number of rotatable bonds is 3. The molecule has 0 aromatic heterocycles. The number of ether oxygens (including phenoxy) is 1. The SMILES string of the molecule is NCC1CNCCN1CC1CCC2(CCCCC2)O1. The van der Waals surface area contributed by atoms with E-state index < -0.39 is 0 Å². The summed E-state index contributed by atoms with van der Waals surface area (Å²) in [7, 11) is 0. The van der Waals surface area contributed by atoms with E-state index in [0.717, 1.165) is 32.7 Å². The van der Waals surface area contributed by atoms with Gasteiger partial charge in [0.05, 0.1) is 11.7 Å². The molecule has 3 rings (SSSR count). The minimum Gasteiger partial charge on any atom is -0.370 e. The number of nitrogens with two attached hydrogens (primary N) is 1. The van der Waals surface area contributed by atoms with Crippen molar-refractivity contribution in [1.29, 1.82) is 0 Å². The van der Waals surface area contributed by atoms with Gasteiger partial charge < -0.3 is 15.8 Å². The maximum absolute atomic E-state index is 6.48. The van der Waals surface area contributed by atoms with Crippen molar-refractivity contribution < 1.29 is 4.74 Å². The fourth-order valence-electron chi connectivity index (χ4n) is 4.13. The van der Waals surface area contributed by atoms with E-state index >= 15 is 0 Å². The molecule has 110 valence electrons. The van der Waals surface area contributed by atoms with Gasteiger partial charge in [0.25, 0.3) is 0 Å². The highest BCUT2D eigenvalue weighted by atomic mass is 16.5. The topological polar surface area (TPSA) is 50.5 Å². The summed E-state index contributed by atoms with van der Waals surface area (Å²) in [4.78, 5) is 2.54. The first kappa shape index (κ1) is 13.8. The highest BCUT2D eigenvalue weighted by Crippen LogP contribution is 2.42. The van der Waals surface area contributed by atoms with Crippen molar-refractivity contribution in [3.05, 3.63) is 0 Å². The first-order valence-corrected chi connectivity index (χ1v) is 8.14. The summed E-state index contributed by atoms with van der Waals surface area (Å²) in [6.07, 6.45) is 9.72. The van der Waals surface area contributed by atoms with Crippen LogP contribution in [0, 0.1) is 0 Å². The van der Waals surface area contributed by atoms with Gasteiger partial charge in [-0.05, 0) is 25.7 Å². The van der Waals surface area contributed by atoms with Crippen LogP contribution < -0.4 is 11.1 Å². The number of nitrogens with one attached hydrogen (secondary N) is 1. The molecule has 3 N–H and O–H groups in total. The normalized spacial score (nSPS) is 35.8. The Hall–Kier alpha value is -0.160. The summed E-state index contributed by atoms with van der Waals surface area (Å²) < 4.78 is 6.48. The van der Waals surface area contributed by atoms with Gasteiger partial charge in [-0.2, -0.15) is 0 Å². The zero-order valence-corrected chi connectivity index (χ0v) is 12.1. The molecule has 1 spiro atoms. The summed E-state index contributed by atoms with van der Waals surface area (Å²) >= 11 is 0. The van der Waals surface area contributed by atoms with Crippen LogP contribution in [0.4, 0.5) is 0 Å². The lowest BCUT2D eigenvalue weighted by molar-refractivity contribution is -0.0756. The molecule has 0 radical (unpaired) electrons. The highest BCUT2D eigenvalue weighted by molar-refractivity contribution is 4.93. The Morgan fingerprint density at radius 1 is 1.21 bits per heavy atom. The van der Waals surface area contributed by atoms with Crippen LogP contribution in [-0.4, -0.2) is 55.4 Å². The zero-order valence-electron chi connectivity index (χ0n) is 12.1. The van der Waals surface area contributed by atoms with Gasteiger partial charge >= 0.3 is 0 Å². The molecule has 2 saturated heterocycles. The first-order valence-electron chi connectivity index (χ1n) is 8.14. The second kappa shape index (κ2) is 6.08. The predicted molar refractivity (Wildman–Crippen MR) is 77.2 cm³/mol. The fourth-order valence-corrected chi connectivity index (χ4v) is 4.13. The summed E-state index contributed by atoms with van der Waals surface area (Å²) in [6, 6.07) is 0.500. The lowest BCUT2D eigenvalue weighted by Crippen LogP contribution is -2.56. The molecule has 0 amide bonds. The molecular weight excluding hydrogens is 238 g/mol. The van der Waals surface area contributed by atoms with E-state index in [9.17, 15) is 0 Å². The quantitative estimate of drug-likeness (QED) is 0.804. The van der Waals surface area contributed by atoms with Gasteiger partial charge in [0.2, 0.25) is 0 Å². The van der Waals surface area contributed by atoms with Gasteiger partial charge in [0, 0.05) is 38.8 Å². The van der Waals surface area contributed by atoms with Gasteiger partial charge in [0.15, 0.2) is 0 Å².